The summed E-state index contributed by atoms with van der Waals surface area (Å²) < 4.78 is 5.44. The standard InChI is InChI=1S/C10H22O.C4H8.C2H6O2/c1-3-5-7-9-11-10-8-6-4-2;1-2-4-3-1;3-1-2-4/h3-10H2,1-2H3;1-4H2;3-4H,1-2H2. The lowest BCUT2D eigenvalue weighted by Crippen LogP contribution is -1.96. The molecule has 0 aromatic rings. The lowest BCUT2D eigenvalue weighted by atomic mass is 10.0. The van der Waals surface area contributed by atoms with Gasteiger partial charge in [0.25, 0.3) is 0 Å². The van der Waals surface area contributed by atoms with Crippen LogP contribution in [0.15, 0.2) is 0 Å². The van der Waals surface area contributed by atoms with E-state index in [1.165, 1.54) is 64.2 Å². The largest absolute Gasteiger partial charge is 0.394 e. The molecule has 0 amide bonds. The summed E-state index contributed by atoms with van der Waals surface area (Å²) in [5.74, 6) is 0. The van der Waals surface area contributed by atoms with Gasteiger partial charge in [-0.25, -0.2) is 0 Å². The normalized spacial score (nSPS) is 12.6. The van der Waals surface area contributed by atoms with Crippen molar-refractivity contribution in [1.29, 1.82) is 0 Å². The van der Waals surface area contributed by atoms with Gasteiger partial charge in [0.1, 0.15) is 0 Å². The van der Waals surface area contributed by atoms with Gasteiger partial charge in [-0.3, -0.25) is 0 Å². The van der Waals surface area contributed by atoms with Crippen LogP contribution in [0.25, 0.3) is 0 Å². The van der Waals surface area contributed by atoms with Crippen molar-refractivity contribution in [3.05, 3.63) is 0 Å². The van der Waals surface area contributed by atoms with Gasteiger partial charge >= 0.3 is 0 Å². The lowest BCUT2D eigenvalue weighted by molar-refractivity contribution is 0.126. The molecule has 1 rings (SSSR count). The van der Waals surface area contributed by atoms with Gasteiger partial charge in [0.2, 0.25) is 0 Å². The third-order valence-electron chi connectivity index (χ3n) is 2.88. The molecule has 0 unspecified atom stereocenters. The first-order chi connectivity index (χ1) is 9.33. The molecule has 118 valence electrons. The Kier molecular flexibility index (Phi) is 25.7. The van der Waals surface area contributed by atoms with Crippen LogP contribution in [0.1, 0.15) is 78.1 Å². The molecule has 19 heavy (non-hydrogen) atoms. The summed E-state index contributed by atoms with van der Waals surface area (Å²) in [4.78, 5) is 0. The number of aliphatic hydroxyl groups is 2. The molecule has 1 fully saturated rings. The van der Waals surface area contributed by atoms with E-state index in [0.717, 1.165) is 13.2 Å². The highest BCUT2D eigenvalue weighted by Crippen LogP contribution is 2.15. The second-order valence-electron chi connectivity index (χ2n) is 4.89. The first-order valence-electron chi connectivity index (χ1n) is 8.12. The summed E-state index contributed by atoms with van der Waals surface area (Å²) in [6.45, 7) is 6.13. The van der Waals surface area contributed by atoms with Crippen LogP contribution < -0.4 is 0 Å². The van der Waals surface area contributed by atoms with E-state index in [2.05, 4.69) is 13.8 Å². The average Bonchev–Trinajstić information content (AvgIpc) is 2.36. The summed E-state index contributed by atoms with van der Waals surface area (Å²) in [5, 5.41) is 15.2. The molecule has 1 saturated carbocycles. The summed E-state index contributed by atoms with van der Waals surface area (Å²) in [7, 11) is 0. The molecule has 3 heteroatoms. The molecule has 0 aromatic carbocycles. The zero-order chi connectivity index (χ0) is 14.6. The number of hydrogen-bond acceptors (Lipinski definition) is 3. The second-order valence-corrected chi connectivity index (χ2v) is 4.89. The maximum Gasteiger partial charge on any atom is 0.0662 e. The first-order valence-corrected chi connectivity index (χ1v) is 8.12. The van der Waals surface area contributed by atoms with Crippen LogP contribution in [-0.2, 0) is 4.74 Å². The molecule has 0 saturated heterocycles. The van der Waals surface area contributed by atoms with Gasteiger partial charge < -0.3 is 14.9 Å². The Morgan fingerprint density at radius 2 is 1.05 bits per heavy atom. The van der Waals surface area contributed by atoms with Crippen molar-refractivity contribution in [2.45, 2.75) is 78.1 Å². The third kappa shape index (κ3) is 27.2. The first kappa shape index (κ1) is 21.2. The Hall–Kier alpha value is -0.120. The van der Waals surface area contributed by atoms with Crippen LogP contribution in [0.4, 0.5) is 0 Å². The van der Waals surface area contributed by atoms with Gasteiger partial charge in [-0.05, 0) is 12.8 Å². The fourth-order valence-electron chi connectivity index (χ4n) is 1.26. The SMILES string of the molecule is C1CCC1.CCCCCOCCCCC.OCCO. The van der Waals surface area contributed by atoms with Gasteiger partial charge in [-0.15, -0.1) is 0 Å². The van der Waals surface area contributed by atoms with E-state index in [4.69, 9.17) is 14.9 Å². The van der Waals surface area contributed by atoms with Crippen molar-refractivity contribution in [3.63, 3.8) is 0 Å². The fraction of sp³-hybridized carbons (Fsp3) is 1.00. The van der Waals surface area contributed by atoms with Crippen LogP contribution in [0.3, 0.4) is 0 Å². The number of unbranched alkanes of at least 4 members (excludes halogenated alkanes) is 4. The van der Waals surface area contributed by atoms with E-state index in [1.807, 2.05) is 0 Å². The van der Waals surface area contributed by atoms with Crippen LogP contribution >= 0.6 is 0 Å². The minimum atomic E-state index is -0.125. The third-order valence-corrected chi connectivity index (χ3v) is 2.88. The number of ether oxygens (including phenoxy) is 1. The minimum absolute atomic E-state index is 0.125. The predicted molar refractivity (Wildman–Crippen MR) is 82.5 cm³/mol. The molecule has 0 spiro atoms. The molecular formula is C16H36O3. The van der Waals surface area contributed by atoms with E-state index in [0.29, 0.717) is 0 Å². The monoisotopic (exact) mass is 276 g/mol. The van der Waals surface area contributed by atoms with Crippen LogP contribution in [-0.4, -0.2) is 36.6 Å². The Morgan fingerprint density at radius 1 is 0.684 bits per heavy atom. The predicted octanol–water partition coefficient (Wildman–Crippen LogP) is 3.91. The van der Waals surface area contributed by atoms with Crippen LogP contribution in [0.2, 0.25) is 0 Å². The maximum atomic E-state index is 7.62. The molecule has 1 aliphatic carbocycles. The van der Waals surface area contributed by atoms with Crippen molar-refractivity contribution in [1.82, 2.24) is 0 Å². The molecule has 0 heterocycles. The van der Waals surface area contributed by atoms with Gasteiger partial charge in [-0.1, -0.05) is 65.2 Å². The topological polar surface area (TPSA) is 49.7 Å². The quantitative estimate of drug-likeness (QED) is 0.628. The zero-order valence-electron chi connectivity index (χ0n) is 13.2. The summed E-state index contributed by atoms with van der Waals surface area (Å²) >= 11 is 0. The Labute approximate surface area is 120 Å². The molecule has 0 aliphatic heterocycles. The van der Waals surface area contributed by atoms with Crippen molar-refractivity contribution in [3.8, 4) is 0 Å². The highest BCUT2D eigenvalue weighted by molar-refractivity contribution is 4.50. The average molecular weight is 276 g/mol. The van der Waals surface area contributed by atoms with E-state index in [1.54, 1.807) is 0 Å². The Morgan fingerprint density at radius 3 is 1.26 bits per heavy atom. The summed E-state index contributed by atoms with van der Waals surface area (Å²) in [6.07, 6.45) is 13.7. The van der Waals surface area contributed by atoms with E-state index >= 15 is 0 Å². The highest BCUT2D eigenvalue weighted by Gasteiger charge is 1.95. The van der Waals surface area contributed by atoms with Gasteiger partial charge in [0.05, 0.1) is 13.2 Å². The van der Waals surface area contributed by atoms with Gasteiger partial charge in [0, 0.05) is 13.2 Å². The van der Waals surface area contributed by atoms with Gasteiger partial charge in [-0.2, -0.15) is 0 Å². The molecule has 0 aromatic heterocycles. The highest BCUT2D eigenvalue weighted by atomic mass is 16.5. The number of hydrogen-bond donors (Lipinski definition) is 2. The molecule has 3 nitrogen and oxygen atoms in total. The molecule has 0 atom stereocenters. The zero-order valence-corrected chi connectivity index (χ0v) is 13.2. The van der Waals surface area contributed by atoms with E-state index in [-0.39, 0.29) is 13.2 Å². The Balaban J connectivity index is 0. The van der Waals surface area contributed by atoms with E-state index in [9.17, 15) is 0 Å². The smallest absolute Gasteiger partial charge is 0.0662 e. The number of aliphatic hydroxyl groups excluding tert-OH is 2. The lowest BCUT2D eigenvalue weighted by Gasteiger charge is -2.05. The summed E-state index contributed by atoms with van der Waals surface area (Å²) in [5.41, 5.74) is 0. The van der Waals surface area contributed by atoms with Crippen molar-refractivity contribution in [2.24, 2.45) is 0 Å². The molecule has 2 N–H and O–H groups in total. The minimum Gasteiger partial charge on any atom is -0.394 e. The Bertz CT molecular complexity index is 111. The van der Waals surface area contributed by atoms with Gasteiger partial charge in [0.15, 0.2) is 0 Å². The van der Waals surface area contributed by atoms with Crippen LogP contribution in [0.5, 0.6) is 0 Å². The molecule has 1 aliphatic rings. The molecular weight excluding hydrogens is 240 g/mol. The van der Waals surface area contributed by atoms with Crippen molar-refractivity contribution >= 4 is 0 Å². The molecule has 0 radical (unpaired) electrons. The van der Waals surface area contributed by atoms with Crippen LogP contribution in [0, 0.1) is 0 Å². The van der Waals surface area contributed by atoms with Crippen molar-refractivity contribution in [2.75, 3.05) is 26.4 Å². The maximum absolute atomic E-state index is 7.62. The fourth-order valence-corrected chi connectivity index (χ4v) is 1.26. The second kappa shape index (κ2) is 23.0. The molecule has 0 bridgehead atoms. The van der Waals surface area contributed by atoms with E-state index < -0.39 is 0 Å². The summed E-state index contributed by atoms with van der Waals surface area (Å²) in [6, 6.07) is 0. The van der Waals surface area contributed by atoms with Crippen molar-refractivity contribution < 1.29 is 14.9 Å². The number of rotatable bonds is 9.